The van der Waals surface area contributed by atoms with Crippen LogP contribution in [0.2, 0.25) is 0 Å². The predicted molar refractivity (Wildman–Crippen MR) is 99.4 cm³/mol. The van der Waals surface area contributed by atoms with Gasteiger partial charge in [-0.1, -0.05) is 49.0 Å². The zero-order valence-corrected chi connectivity index (χ0v) is 15.0. The van der Waals surface area contributed by atoms with Gasteiger partial charge in [-0.05, 0) is 36.2 Å². The van der Waals surface area contributed by atoms with E-state index in [-0.39, 0.29) is 16.4 Å². The van der Waals surface area contributed by atoms with Gasteiger partial charge in [0, 0.05) is 19.4 Å². The molecule has 0 aromatic heterocycles. The van der Waals surface area contributed by atoms with Gasteiger partial charge in [-0.25, -0.2) is 0 Å². The van der Waals surface area contributed by atoms with Crippen LogP contribution in [0, 0.1) is 0 Å². The Morgan fingerprint density at radius 1 is 1.12 bits per heavy atom. The van der Waals surface area contributed by atoms with E-state index in [1.54, 1.807) is 0 Å². The average Bonchev–Trinajstić information content (AvgIpc) is 2.97. The van der Waals surface area contributed by atoms with Gasteiger partial charge >= 0.3 is 0 Å². The van der Waals surface area contributed by atoms with Crippen LogP contribution < -0.4 is 4.74 Å². The molecule has 0 bridgehead atoms. The Kier molecular flexibility index (Phi) is 5.76. The molecule has 4 nitrogen and oxygen atoms in total. The van der Waals surface area contributed by atoms with Crippen molar-refractivity contribution in [2.75, 3.05) is 0 Å². The van der Waals surface area contributed by atoms with Crippen LogP contribution in [0.25, 0.3) is 0 Å². The summed E-state index contributed by atoms with van der Waals surface area (Å²) in [5.41, 5.74) is 1.03. The van der Waals surface area contributed by atoms with E-state index >= 15 is 0 Å². The Morgan fingerprint density at radius 2 is 1.80 bits per heavy atom. The van der Waals surface area contributed by atoms with Crippen molar-refractivity contribution in [2.24, 2.45) is 0 Å². The molecule has 5 heteroatoms. The minimum atomic E-state index is -0.0415. The third-order valence-corrected chi connectivity index (χ3v) is 5.40. The number of likely N-dealkylation sites (tertiary alicyclic amines) is 1. The summed E-state index contributed by atoms with van der Waals surface area (Å²) in [4.78, 5) is 25.7. The van der Waals surface area contributed by atoms with Crippen molar-refractivity contribution in [1.29, 1.82) is 0 Å². The number of rotatable bonds is 6. The SMILES string of the molecule is CCC(=O)SC1CCC(=O)N1Cc1ccc(Oc2ccccc2)cc1. The summed E-state index contributed by atoms with van der Waals surface area (Å²) >= 11 is 1.28. The largest absolute Gasteiger partial charge is 0.457 e. The maximum atomic E-state index is 12.1. The molecule has 0 saturated carbocycles. The number of carbonyl (C=O) groups excluding carboxylic acids is 2. The second-order valence-corrected chi connectivity index (χ2v) is 7.15. The van der Waals surface area contributed by atoms with Crippen LogP contribution in [0.1, 0.15) is 31.7 Å². The number of amides is 1. The van der Waals surface area contributed by atoms with Gasteiger partial charge in [0.25, 0.3) is 0 Å². The second-order valence-electron chi connectivity index (χ2n) is 5.92. The van der Waals surface area contributed by atoms with E-state index in [0.29, 0.717) is 19.4 Å². The molecule has 1 aliphatic rings. The number of ether oxygens (including phenoxy) is 1. The molecule has 3 rings (SSSR count). The number of hydrogen-bond acceptors (Lipinski definition) is 4. The Balaban J connectivity index is 1.63. The molecular formula is C20H21NO3S. The van der Waals surface area contributed by atoms with E-state index in [0.717, 1.165) is 23.5 Å². The summed E-state index contributed by atoms with van der Waals surface area (Å²) in [6.07, 6.45) is 1.75. The van der Waals surface area contributed by atoms with Gasteiger partial charge in [-0.3, -0.25) is 9.59 Å². The molecule has 130 valence electrons. The molecule has 0 aliphatic carbocycles. The first-order valence-corrected chi connectivity index (χ1v) is 9.34. The number of thioether (sulfide) groups is 1. The Bertz CT molecular complexity index is 730. The van der Waals surface area contributed by atoms with Gasteiger partial charge in [-0.15, -0.1) is 0 Å². The Morgan fingerprint density at radius 3 is 2.48 bits per heavy atom. The maximum Gasteiger partial charge on any atom is 0.223 e. The average molecular weight is 355 g/mol. The topological polar surface area (TPSA) is 46.6 Å². The lowest BCUT2D eigenvalue weighted by molar-refractivity contribution is -0.128. The molecule has 0 radical (unpaired) electrons. The zero-order valence-electron chi connectivity index (χ0n) is 14.2. The molecule has 2 aromatic rings. The first-order chi connectivity index (χ1) is 12.2. The van der Waals surface area contributed by atoms with Crippen molar-refractivity contribution in [3.63, 3.8) is 0 Å². The summed E-state index contributed by atoms with van der Waals surface area (Å²) in [5.74, 6) is 1.67. The van der Waals surface area contributed by atoms with Gasteiger partial charge in [0.15, 0.2) is 5.12 Å². The van der Waals surface area contributed by atoms with Crippen LogP contribution in [0.4, 0.5) is 0 Å². The zero-order chi connectivity index (χ0) is 17.6. The monoisotopic (exact) mass is 355 g/mol. The van der Waals surface area contributed by atoms with E-state index in [1.807, 2.05) is 66.4 Å². The fourth-order valence-corrected chi connectivity index (χ4v) is 3.76. The summed E-state index contributed by atoms with van der Waals surface area (Å²) in [6.45, 7) is 2.38. The van der Waals surface area contributed by atoms with Gasteiger partial charge in [-0.2, -0.15) is 0 Å². The standard InChI is InChI=1S/C20H21NO3S/c1-2-20(23)25-19-13-12-18(22)21(19)14-15-8-10-17(11-9-15)24-16-6-4-3-5-7-16/h3-11,19H,2,12-14H2,1H3. The molecule has 0 N–H and O–H groups in total. The summed E-state index contributed by atoms with van der Waals surface area (Å²) in [6, 6.07) is 17.4. The van der Waals surface area contributed by atoms with Gasteiger partial charge in [0.1, 0.15) is 11.5 Å². The molecular weight excluding hydrogens is 334 g/mol. The van der Waals surface area contributed by atoms with E-state index in [9.17, 15) is 9.59 Å². The highest BCUT2D eigenvalue weighted by Gasteiger charge is 2.32. The van der Waals surface area contributed by atoms with Crippen molar-refractivity contribution in [3.05, 3.63) is 60.2 Å². The van der Waals surface area contributed by atoms with E-state index in [2.05, 4.69) is 0 Å². The third kappa shape index (κ3) is 4.63. The molecule has 1 amide bonds. The molecule has 1 aliphatic heterocycles. The molecule has 1 saturated heterocycles. The molecule has 1 fully saturated rings. The van der Waals surface area contributed by atoms with E-state index in [1.165, 1.54) is 11.8 Å². The number of carbonyl (C=O) groups is 2. The van der Waals surface area contributed by atoms with Crippen molar-refractivity contribution in [2.45, 2.75) is 38.1 Å². The third-order valence-electron chi connectivity index (χ3n) is 4.08. The first kappa shape index (κ1) is 17.5. The van der Waals surface area contributed by atoms with Crippen LogP contribution in [0.3, 0.4) is 0 Å². The van der Waals surface area contributed by atoms with Crippen LogP contribution in [-0.4, -0.2) is 21.3 Å². The first-order valence-electron chi connectivity index (χ1n) is 8.46. The Labute approximate surface area is 152 Å². The molecule has 1 atom stereocenters. The van der Waals surface area contributed by atoms with Gasteiger partial charge in [0.2, 0.25) is 5.91 Å². The van der Waals surface area contributed by atoms with Crippen molar-refractivity contribution in [3.8, 4) is 11.5 Å². The number of nitrogens with zero attached hydrogens (tertiary/aromatic N) is 1. The lowest BCUT2D eigenvalue weighted by Crippen LogP contribution is -2.31. The fraction of sp³-hybridized carbons (Fsp3) is 0.300. The maximum absolute atomic E-state index is 12.1. The van der Waals surface area contributed by atoms with Gasteiger partial charge < -0.3 is 9.64 Å². The summed E-state index contributed by atoms with van der Waals surface area (Å²) in [5, 5.41) is 0.0940. The van der Waals surface area contributed by atoms with Crippen LogP contribution in [0.5, 0.6) is 11.5 Å². The van der Waals surface area contributed by atoms with Crippen molar-refractivity contribution in [1.82, 2.24) is 4.90 Å². The van der Waals surface area contributed by atoms with Crippen molar-refractivity contribution >= 4 is 22.8 Å². The predicted octanol–water partition coefficient (Wildman–Crippen LogP) is 4.60. The molecule has 1 heterocycles. The second kappa shape index (κ2) is 8.21. The van der Waals surface area contributed by atoms with Crippen LogP contribution >= 0.6 is 11.8 Å². The molecule has 2 aromatic carbocycles. The molecule has 0 spiro atoms. The highest BCUT2D eigenvalue weighted by molar-refractivity contribution is 8.14. The van der Waals surface area contributed by atoms with E-state index in [4.69, 9.17) is 4.74 Å². The van der Waals surface area contributed by atoms with E-state index < -0.39 is 0 Å². The van der Waals surface area contributed by atoms with Crippen LogP contribution in [0.15, 0.2) is 54.6 Å². The van der Waals surface area contributed by atoms with Crippen molar-refractivity contribution < 1.29 is 14.3 Å². The summed E-state index contributed by atoms with van der Waals surface area (Å²) in [7, 11) is 0. The molecule has 25 heavy (non-hydrogen) atoms. The lowest BCUT2D eigenvalue weighted by atomic mass is 10.2. The number of benzene rings is 2. The number of hydrogen-bond donors (Lipinski definition) is 0. The highest BCUT2D eigenvalue weighted by atomic mass is 32.2. The normalized spacial score (nSPS) is 16.9. The molecule has 1 unspecified atom stereocenters. The minimum Gasteiger partial charge on any atom is -0.457 e. The van der Waals surface area contributed by atoms with Gasteiger partial charge in [0.05, 0.1) is 5.37 Å². The lowest BCUT2D eigenvalue weighted by Gasteiger charge is -2.23. The quantitative estimate of drug-likeness (QED) is 0.760. The highest BCUT2D eigenvalue weighted by Crippen LogP contribution is 2.31. The fourth-order valence-electron chi connectivity index (χ4n) is 2.74. The Hall–Kier alpha value is -2.27. The number of para-hydroxylation sites is 1. The smallest absolute Gasteiger partial charge is 0.223 e. The van der Waals surface area contributed by atoms with Crippen LogP contribution in [-0.2, 0) is 16.1 Å². The minimum absolute atomic E-state index is 0.0415. The summed E-state index contributed by atoms with van der Waals surface area (Å²) < 4.78 is 5.78.